The van der Waals surface area contributed by atoms with Crippen LogP contribution in [0.5, 0.6) is 5.75 Å². The predicted octanol–water partition coefficient (Wildman–Crippen LogP) is 3.68. The minimum atomic E-state index is 0.201. The minimum absolute atomic E-state index is 0.201. The van der Waals surface area contributed by atoms with Gasteiger partial charge in [-0.2, -0.15) is 0 Å². The highest BCUT2D eigenvalue weighted by Crippen LogP contribution is 2.19. The summed E-state index contributed by atoms with van der Waals surface area (Å²) in [5.41, 5.74) is 2.74. The van der Waals surface area contributed by atoms with Crippen LogP contribution in [0.4, 0.5) is 11.4 Å². The summed E-state index contributed by atoms with van der Waals surface area (Å²) >= 11 is 5.25. The summed E-state index contributed by atoms with van der Waals surface area (Å²) in [6, 6.07) is 14.8. The van der Waals surface area contributed by atoms with Crippen LogP contribution in [0, 0.1) is 0 Å². The van der Waals surface area contributed by atoms with E-state index in [4.69, 9.17) is 12.2 Å². The molecule has 1 heterocycles. The van der Waals surface area contributed by atoms with Crippen molar-refractivity contribution in [1.82, 2.24) is 4.98 Å². The Hall–Kier alpha value is -2.53. The number of H-pyrrole nitrogens is 1. The fourth-order valence-corrected chi connectivity index (χ4v) is 2.24. The second kappa shape index (κ2) is 5.22. The van der Waals surface area contributed by atoms with Crippen molar-refractivity contribution in [2.24, 2.45) is 0 Å². The molecule has 0 saturated heterocycles. The summed E-state index contributed by atoms with van der Waals surface area (Å²) in [6.07, 6.45) is 1.90. The SMILES string of the molecule is Oc1cccc(NC(=S)Nc2ccc3[nH]ccc3c2)c1. The van der Waals surface area contributed by atoms with Gasteiger partial charge in [-0.25, -0.2) is 0 Å². The number of benzene rings is 2. The summed E-state index contributed by atoms with van der Waals surface area (Å²) in [7, 11) is 0. The number of phenolic OH excluding ortho intramolecular Hbond substituents is 1. The third-order valence-corrected chi connectivity index (χ3v) is 3.12. The number of aromatic amines is 1. The summed E-state index contributed by atoms with van der Waals surface area (Å²) in [6.45, 7) is 0. The Morgan fingerprint density at radius 2 is 1.80 bits per heavy atom. The predicted molar refractivity (Wildman–Crippen MR) is 86.2 cm³/mol. The van der Waals surface area contributed by atoms with E-state index in [1.807, 2.05) is 36.5 Å². The standard InChI is InChI=1S/C15H13N3OS/c19-13-3-1-2-11(9-13)17-15(20)18-12-4-5-14-10(8-12)6-7-16-14/h1-9,16,19H,(H2,17,18,20). The van der Waals surface area contributed by atoms with Crippen LogP contribution in [0.2, 0.25) is 0 Å². The van der Waals surface area contributed by atoms with E-state index >= 15 is 0 Å². The molecule has 0 radical (unpaired) electrons. The van der Waals surface area contributed by atoms with Gasteiger partial charge in [0.2, 0.25) is 0 Å². The molecule has 0 amide bonds. The van der Waals surface area contributed by atoms with Gasteiger partial charge in [-0.15, -0.1) is 0 Å². The Morgan fingerprint density at radius 3 is 2.60 bits per heavy atom. The maximum absolute atomic E-state index is 9.40. The number of aromatic nitrogens is 1. The highest BCUT2D eigenvalue weighted by molar-refractivity contribution is 7.80. The quantitative estimate of drug-likeness (QED) is 0.542. The van der Waals surface area contributed by atoms with E-state index in [1.54, 1.807) is 18.2 Å². The van der Waals surface area contributed by atoms with Crippen molar-refractivity contribution in [3.8, 4) is 5.75 Å². The molecule has 3 rings (SSSR count). The molecule has 4 N–H and O–H groups in total. The van der Waals surface area contributed by atoms with Crippen molar-refractivity contribution in [3.63, 3.8) is 0 Å². The van der Waals surface area contributed by atoms with Crippen LogP contribution in [0.1, 0.15) is 0 Å². The fourth-order valence-electron chi connectivity index (χ4n) is 2.01. The van der Waals surface area contributed by atoms with Gasteiger partial charge in [0.25, 0.3) is 0 Å². The molecule has 5 heteroatoms. The van der Waals surface area contributed by atoms with E-state index in [1.165, 1.54) is 0 Å². The molecule has 0 spiro atoms. The Balaban J connectivity index is 1.72. The molecule has 20 heavy (non-hydrogen) atoms. The maximum Gasteiger partial charge on any atom is 0.175 e. The molecule has 4 nitrogen and oxygen atoms in total. The second-order valence-corrected chi connectivity index (χ2v) is 4.82. The van der Waals surface area contributed by atoms with Gasteiger partial charge < -0.3 is 20.7 Å². The van der Waals surface area contributed by atoms with Crippen LogP contribution in [0.25, 0.3) is 10.9 Å². The topological polar surface area (TPSA) is 60.1 Å². The first kappa shape index (κ1) is 12.5. The van der Waals surface area contributed by atoms with Gasteiger partial charge >= 0.3 is 0 Å². The van der Waals surface area contributed by atoms with Crippen molar-refractivity contribution in [2.45, 2.75) is 0 Å². The molecule has 0 aliphatic carbocycles. The lowest BCUT2D eigenvalue weighted by atomic mass is 10.2. The highest BCUT2D eigenvalue weighted by atomic mass is 32.1. The summed E-state index contributed by atoms with van der Waals surface area (Å²) < 4.78 is 0. The van der Waals surface area contributed by atoms with Crippen LogP contribution in [0.15, 0.2) is 54.7 Å². The number of nitrogens with one attached hydrogen (secondary N) is 3. The Morgan fingerprint density at radius 1 is 1.00 bits per heavy atom. The lowest BCUT2D eigenvalue weighted by Crippen LogP contribution is -2.18. The largest absolute Gasteiger partial charge is 0.508 e. The second-order valence-electron chi connectivity index (χ2n) is 4.41. The minimum Gasteiger partial charge on any atom is -0.508 e. The number of aromatic hydroxyl groups is 1. The van der Waals surface area contributed by atoms with Crippen molar-refractivity contribution in [3.05, 3.63) is 54.7 Å². The van der Waals surface area contributed by atoms with E-state index in [-0.39, 0.29) is 5.75 Å². The smallest absolute Gasteiger partial charge is 0.175 e. The number of thiocarbonyl (C=S) groups is 1. The van der Waals surface area contributed by atoms with Gasteiger partial charge in [0.1, 0.15) is 5.75 Å². The molecule has 0 aliphatic heterocycles. The number of hydrogen-bond acceptors (Lipinski definition) is 2. The van der Waals surface area contributed by atoms with Gasteiger partial charge in [0, 0.05) is 34.5 Å². The van der Waals surface area contributed by atoms with Crippen molar-refractivity contribution in [2.75, 3.05) is 10.6 Å². The van der Waals surface area contributed by atoms with Crippen LogP contribution in [-0.4, -0.2) is 15.2 Å². The Kier molecular flexibility index (Phi) is 3.26. The Labute approximate surface area is 121 Å². The average Bonchev–Trinajstić information content (AvgIpc) is 2.86. The first-order chi connectivity index (χ1) is 9.70. The van der Waals surface area contributed by atoms with E-state index in [0.29, 0.717) is 5.11 Å². The molecule has 0 aliphatic rings. The van der Waals surface area contributed by atoms with E-state index in [0.717, 1.165) is 22.3 Å². The zero-order chi connectivity index (χ0) is 13.9. The van der Waals surface area contributed by atoms with E-state index < -0.39 is 0 Å². The van der Waals surface area contributed by atoms with Crippen LogP contribution < -0.4 is 10.6 Å². The monoisotopic (exact) mass is 283 g/mol. The molecule has 100 valence electrons. The molecular formula is C15H13N3OS. The average molecular weight is 283 g/mol. The molecule has 0 unspecified atom stereocenters. The van der Waals surface area contributed by atoms with E-state index in [2.05, 4.69) is 15.6 Å². The molecular weight excluding hydrogens is 270 g/mol. The first-order valence-corrected chi connectivity index (χ1v) is 6.56. The number of rotatable bonds is 2. The van der Waals surface area contributed by atoms with Gasteiger partial charge in [0.05, 0.1) is 0 Å². The normalized spacial score (nSPS) is 10.4. The third kappa shape index (κ3) is 2.73. The number of phenols is 1. The van der Waals surface area contributed by atoms with Gasteiger partial charge in [-0.05, 0) is 48.6 Å². The molecule has 1 aromatic heterocycles. The third-order valence-electron chi connectivity index (χ3n) is 2.92. The zero-order valence-electron chi connectivity index (χ0n) is 10.6. The zero-order valence-corrected chi connectivity index (χ0v) is 11.4. The van der Waals surface area contributed by atoms with Gasteiger partial charge in [-0.1, -0.05) is 6.07 Å². The Bertz CT molecular complexity index is 766. The number of hydrogen-bond donors (Lipinski definition) is 4. The van der Waals surface area contributed by atoms with Crippen LogP contribution >= 0.6 is 12.2 Å². The maximum atomic E-state index is 9.40. The highest BCUT2D eigenvalue weighted by Gasteiger charge is 2.01. The van der Waals surface area contributed by atoms with Crippen LogP contribution in [-0.2, 0) is 0 Å². The molecule has 0 saturated carbocycles. The molecule has 0 bridgehead atoms. The van der Waals surface area contributed by atoms with Crippen LogP contribution in [0.3, 0.4) is 0 Å². The fraction of sp³-hybridized carbons (Fsp3) is 0. The van der Waals surface area contributed by atoms with Crippen molar-refractivity contribution in [1.29, 1.82) is 0 Å². The molecule has 2 aromatic carbocycles. The van der Waals surface area contributed by atoms with E-state index in [9.17, 15) is 5.11 Å². The molecule has 3 aromatic rings. The van der Waals surface area contributed by atoms with Gasteiger partial charge in [0.15, 0.2) is 5.11 Å². The molecule has 0 atom stereocenters. The number of fused-ring (bicyclic) bond motifs is 1. The lowest BCUT2D eigenvalue weighted by Gasteiger charge is -2.10. The van der Waals surface area contributed by atoms with Crippen molar-refractivity contribution < 1.29 is 5.11 Å². The first-order valence-electron chi connectivity index (χ1n) is 6.15. The summed E-state index contributed by atoms with van der Waals surface area (Å²) in [5, 5.41) is 17.1. The van der Waals surface area contributed by atoms with Gasteiger partial charge in [-0.3, -0.25) is 0 Å². The molecule has 0 fully saturated rings. The summed E-state index contributed by atoms with van der Waals surface area (Å²) in [5.74, 6) is 0.201. The summed E-state index contributed by atoms with van der Waals surface area (Å²) in [4.78, 5) is 3.14. The number of anilines is 2. The lowest BCUT2D eigenvalue weighted by molar-refractivity contribution is 0.475. The van der Waals surface area contributed by atoms with Crippen molar-refractivity contribution >= 4 is 39.6 Å².